The van der Waals surface area contributed by atoms with Crippen molar-refractivity contribution in [1.82, 2.24) is 10.2 Å². The summed E-state index contributed by atoms with van der Waals surface area (Å²) in [6.07, 6.45) is 3.20. The van der Waals surface area contributed by atoms with Gasteiger partial charge in [-0.1, -0.05) is 0 Å². The van der Waals surface area contributed by atoms with Crippen LogP contribution in [0.15, 0.2) is 6.20 Å². The number of aromatic nitrogens is 2. The van der Waals surface area contributed by atoms with Gasteiger partial charge >= 0.3 is 5.97 Å². The predicted molar refractivity (Wildman–Crippen MR) is 39.7 cm³/mol. The second-order valence-electron chi connectivity index (χ2n) is 3.70. The van der Waals surface area contributed by atoms with E-state index in [0.717, 1.165) is 17.7 Å². The maximum absolute atomic E-state index is 10.9. The first-order chi connectivity index (χ1) is 5.74. The molecule has 0 amide bonds. The molecule has 1 heterocycles. The van der Waals surface area contributed by atoms with E-state index in [1.165, 1.54) is 0 Å². The number of aliphatic carboxylic acids is 1. The number of fused-ring (bicyclic) bond motifs is 3. The average Bonchev–Trinajstić information content (AvgIpc) is 2.46. The topological polar surface area (TPSA) is 66.0 Å². The normalized spacial score (nSPS) is 35.8. The third kappa shape index (κ3) is 0.479. The molecule has 4 heteroatoms. The molecule has 0 saturated heterocycles. The molecule has 0 unspecified atom stereocenters. The van der Waals surface area contributed by atoms with Gasteiger partial charge in [0.1, 0.15) is 0 Å². The molecular formula is C8H8N2O2. The van der Waals surface area contributed by atoms with Crippen LogP contribution in [0.1, 0.15) is 23.6 Å². The number of hydrogen-bond donors (Lipinski definition) is 2. The van der Waals surface area contributed by atoms with E-state index >= 15 is 0 Å². The van der Waals surface area contributed by atoms with Crippen molar-refractivity contribution in [3.63, 3.8) is 0 Å². The van der Waals surface area contributed by atoms with Crippen molar-refractivity contribution in [1.29, 1.82) is 0 Å². The van der Waals surface area contributed by atoms with E-state index < -0.39 is 11.4 Å². The first kappa shape index (κ1) is 6.22. The van der Waals surface area contributed by atoms with Crippen LogP contribution < -0.4 is 0 Å². The molecule has 0 spiro atoms. The van der Waals surface area contributed by atoms with Crippen LogP contribution in [0.4, 0.5) is 0 Å². The quantitative estimate of drug-likeness (QED) is 0.636. The number of nitrogens with one attached hydrogen (secondary N) is 1. The summed E-state index contributed by atoms with van der Waals surface area (Å²) in [4.78, 5) is 10.9. The van der Waals surface area contributed by atoms with Crippen LogP contribution in [0.5, 0.6) is 0 Å². The lowest BCUT2D eigenvalue weighted by molar-refractivity contribution is -0.143. The van der Waals surface area contributed by atoms with E-state index in [4.69, 9.17) is 5.11 Å². The average molecular weight is 164 g/mol. The highest BCUT2D eigenvalue weighted by Crippen LogP contribution is 2.66. The fourth-order valence-corrected chi connectivity index (χ4v) is 2.29. The van der Waals surface area contributed by atoms with Crippen LogP contribution >= 0.6 is 0 Å². The third-order valence-electron chi connectivity index (χ3n) is 3.11. The number of aromatic amines is 1. The molecule has 12 heavy (non-hydrogen) atoms. The number of rotatable bonds is 1. The summed E-state index contributed by atoms with van der Waals surface area (Å²) in [5.74, 6) is -0.440. The summed E-state index contributed by atoms with van der Waals surface area (Å²) in [5, 5.41) is 15.7. The van der Waals surface area contributed by atoms with Crippen LogP contribution in [0, 0.1) is 5.41 Å². The summed E-state index contributed by atoms with van der Waals surface area (Å²) in [6.45, 7) is 0. The highest BCUT2D eigenvalue weighted by molar-refractivity contribution is 5.82. The lowest BCUT2D eigenvalue weighted by Gasteiger charge is -2.02. The second-order valence-corrected chi connectivity index (χ2v) is 3.70. The Morgan fingerprint density at radius 3 is 3.33 bits per heavy atom. The highest BCUT2D eigenvalue weighted by Gasteiger charge is 2.66. The van der Waals surface area contributed by atoms with E-state index in [1.54, 1.807) is 6.20 Å². The van der Waals surface area contributed by atoms with E-state index in [1.807, 2.05) is 0 Å². The molecule has 1 saturated carbocycles. The van der Waals surface area contributed by atoms with Crippen LogP contribution in [-0.4, -0.2) is 21.3 Å². The van der Waals surface area contributed by atoms with Crippen molar-refractivity contribution >= 4 is 5.97 Å². The summed E-state index contributed by atoms with van der Waals surface area (Å²) in [5.41, 5.74) is 1.69. The van der Waals surface area contributed by atoms with Crippen LogP contribution in [-0.2, 0) is 11.2 Å². The van der Waals surface area contributed by atoms with Gasteiger partial charge in [-0.25, -0.2) is 0 Å². The summed E-state index contributed by atoms with van der Waals surface area (Å²) < 4.78 is 0. The van der Waals surface area contributed by atoms with Crippen LogP contribution in [0.3, 0.4) is 0 Å². The van der Waals surface area contributed by atoms with Gasteiger partial charge < -0.3 is 5.11 Å². The fraction of sp³-hybridized carbons (Fsp3) is 0.500. The molecule has 0 aromatic carbocycles. The molecule has 62 valence electrons. The van der Waals surface area contributed by atoms with Gasteiger partial charge in [0.25, 0.3) is 0 Å². The van der Waals surface area contributed by atoms with Crippen molar-refractivity contribution in [2.75, 3.05) is 0 Å². The van der Waals surface area contributed by atoms with E-state index in [9.17, 15) is 4.79 Å². The Balaban J connectivity index is 2.07. The van der Waals surface area contributed by atoms with Crippen molar-refractivity contribution in [2.45, 2.75) is 18.8 Å². The Bertz CT molecular complexity index is 371. The van der Waals surface area contributed by atoms with Crippen LogP contribution in [0.2, 0.25) is 0 Å². The maximum Gasteiger partial charge on any atom is 0.310 e. The van der Waals surface area contributed by atoms with Crippen molar-refractivity contribution in [2.24, 2.45) is 5.41 Å². The smallest absolute Gasteiger partial charge is 0.310 e. The van der Waals surface area contributed by atoms with Gasteiger partial charge in [-0.15, -0.1) is 0 Å². The zero-order valence-electron chi connectivity index (χ0n) is 6.37. The molecule has 3 rings (SSSR count). The second kappa shape index (κ2) is 1.55. The van der Waals surface area contributed by atoms with Gasteiger partial charge in [0.15, 0.2) is 0 Å². The zero-order chi connectivity index (χ0) is 8.34. The summed E-state index contributed by atoms with van der Waals surface area (Å²) in [6, 6.07) is 0. The van der Waals surface area contributed by atoms with Gasteiger partial charge in [0, 0.05) is 11.6 Å². The van der Waals surface area contributed by atoms with E-state index in [0.29, 0.717) is 6.42 Å². The molecule has 2 atom stereocenters. The Hall–Kier alpha value is -1.32. The molecular weight excluding hydrogens is 156 g/mol. The van der Waals surface area contributed by atoms with Crippen molar-refractivity contribution in [3.05, 3.63) is 17.5 Å². The Morgan fingerprint density at radius 1 is 1.83 bits per heavy atom. The first-order valence-electron chi connectivity index (χ1n) is 3.99. The number of hydrogen-bond acceptors (Lipinski definition) is 2. The SMILES string of the molecule is O=C(O)[C@@]12Cc3cn[nH]c3[C@@H]1C2. The largest absolute Gasteiger partial charge is 0.481 e. The molecule has 1 fully saturated rings. The predicted octanol–water partition coefficient (Wildman–Crippen LogP) is 0.524. The van der Waals surface area contributed by atoms with E-state index in [-0.39, 0.29) is 5.92 Å². The molecule has 1 aromatic heterocycles. The van der Waals surface area contributed by atoms with Gasteiger partial charge in [0.2, 0.25) is 0 Å². The standard InChI is InChI=1S/C8H8N2O2/c11-7(12)8-1-4-3-9-10-6(4)5(8)2-8/h3,5H,1-2H2,(H,9,10)(H,11,12)/t5-,8+/m0/s1. The molecule has 0 bridgehead atoms. The Labute approximate surface area is 68.6 Å². The minimum absolute atomic E-state index is 0.215. The first-order valence-corrected chi connectivity index (χ1v) is 3.99. The van der Waals surface area contributed by atoms with Gasteiger partial charge in [-0.2, -0.15) is 5.10 Å². The maximum atomic E-state index is 10.9. The van der Waals surface area contributed by atoms with Gasteiger partial charge in [-0.05, 0) is 18.4 Å². The summed E-state index contributed by atoms with van der Waals surface area (Å²) >= 11 is 0. The molecule has 4 nitrogen and oxygen atoms in total. The Morgan fingerprint density at radius 2 is 2.67 bits per heavy atom. The molecule has 2 aliphatic carbocycles. The minimum atomic E-state index is -0.655. The zero-order valence-corrected chi connectivity index (χ0v) is 6.37. The lowest BCUT2D eigenvalue weighted by atomic mass is 10.0. The monoisotopic (exact) mass is 164 g/mol. The molecule has 0 radical (unpaired) electrons. The number of nitrogens with zero attached hydrogens (tertiary/aromatic N) is 1. The minimum Gasteiger partial charge on any atom is -0.481 e. The van der Waals surface area contributed by atoms with Crippen molar-refractivity contribution in [3.8, 4) is 0 Å². The number of carboxylic acid groups (broad SMARTS) is 1. The third-order valence-corrected chi connectivity index (χ3v) is 3.11. The lowest BCUT2D eigenvalue weighted by Crippen LogP contribution is -2.16. The van der Waals surface area contributed by atoms with E-state index in [2.05, 4.69) is 10.2 Å². The van der Waals surface area contributed by atoms with Gasteiger partial charge in [-0.3, -0.25) is 9.89 Å². The number of carboxylic acids is 1. The van der Waals surface area contributed by atoms with Crippen LogP contribution in [0.25, 0.3) is 0 Å². The Kier molecular flexibility index (Phi) is 0.805. The van der Waals surface area contributed by atoms with Crippen molar-refractivity contribution < 1.29 is 9.90 Å². The summed E-state index contributed by atoms with van der Waals surface area (Å²) in [7, 11) is 0. The van der Waals surface area contributed by atoms with Gasteiger partial charge in [0.05, 0.1) is 11.6 Å². The highest BCUT2D eigenvalue weighted by atomic mass is 16.4. The fourth-order valence-electron chi connectivity index (χ4n) is 2.29. The number of H-pyrrole nitrogens is 1. The molecule has 2 aliphatic rings. The molecule has 2 N–H and O–H groups in total. The molecule has 1 aromatic rings. The molecule has 0 aliphatic heterocycles. The number of carbonyl (C=O) groups is 1.